The third-order valence-corrected chi connectivity index (χ3v) is 5.25. The van der Waals surface area contributed by atoms with Gasteiger partial charge in [-0.15, -0.1) is 11.8 Å². The fraction of sp³-hybridized carbons (Fsp3) is 0.0556. The van der Waals surface area contributed by atoms with Gasteiger partial charge in [0.15, 0.2) is 5.69 Å². The van der Waals surface area contributed by atoms with Crippen LogP contribution in [0.15, 0.2) is 58.2 Å². The first-order valence-electron chi connectivity index (χ1n) is 7.65. The zero-order valence-corrected chi connectivity index (χ0v) is 15.9. The molecule has 0 unspecified atom stereocenters. The van der Waals surface area contributed by atoms with Gasteiger partial charge in [-0.05, 0) is 54.8 Å². The molecule has 0 saturated heterocycles. The average molecular weight is 403 g/mol. The number of benzene rings is 2. The summed E-state index contributed by atoms with van der Waals surface area (Å²) in [4.78, 5) is 13.1. The van der Waals surface area contributed by atoms with Crippen LogP contribution in [0.3, 0.4) is 0 Å². The Balaban J connectivity index is 2.01. The fourth-order valence-electron chi connectivity index (χ4n) is 2.68. The smallest absolute Gasteiger partial charge is 0.265 e. The summed E-state index contributed by atoms with van der Waals surface area (Å²) in [6.07, 6.45) is 2.01. The molecule has 8 heteroatoms. The number of fused-ring (bicyclic) bond motifs is 1. The first-order valence-corrected chi connectivity index (χ1v) is 9.63. The molecule has 0 aliphatic carbocycles. The van der Waals surface area contributed by atoms with E-state index in [1.165, 1.54) is 0 Å². The van der Waals surface area contributed by atoms with Crippen LogP contribution in [0.5, 0.6) is 0 Å². The summed E-state index contributed by atoms with van der Waals surface area (Å²) in [6.45, 7) is 0. The van der Waals surface area contributed by atoms with Crippen LogP contribution in [0, 0.1) is 0 Å². The summed E-state index contributed by atoms with van der Waals surface area (Å²) >= 11 is 14.1. The van der Waals surface area contributed by atoms with Crippen molar-refractivity contribution < 1.29 is 0 Å². The van der Waals surface area contributed by atoms with Gasteiger partial charge >= 0.3 is 0 Å². The van der Waals surface area contributed by atoms with Crippen molar-refractivity contribution in [2.24, 2.45) is 0 Å². The Bertz CT molecular complexity index is 1120. The largest absolute Gasteiger partial charge is 0.294 e. The predicted octanol–water partition coefficient (Wildman–Crippen LogP) is 4.76. The lowest BCUT2D eigenvalue weighted by Crippen LogP contribution is -2.11. The van der Waals surface area contributed by atoms with Crippen LogP contribution in [0.1, 0.15) is 0 Å². The van der Waals surface area contributed by atoms with E-state index in [2.05, 4.69) is 15.3 Å². The van der Waals surface area contributed by atoms with E-state index in [1.54, 1.807) is 34.6 Å². The number of nitrogens with zero attached hydrogens (tertiary/aromatic N) is 3. The molecule has 0 fully saturated rings. The molecule has 0 spiro atoms. The highest BCUT2D eigenvalue weighted by Crippen LogP contribution is 2.33. The van der Waals surface area contributed by atoms with Crippen molar-refractivity contribution in [3.05, 3.63) is 68.9 Å². The highest BCUT2D eigenvalue weighted by molar-refractivity contribution is 7.98. The van der Waals surface area contributed by atoms with E-state index in [9.17, 15) is 4.79 Å². The Labute approximate surface area is 163 Å². The molecule has 0 bridgehead atoms. The number of aromatic amines is 1. The Kier molecular flexibility index (Phi) is 4.48. The van der Waals surface area contributed by atoms with Gasteiger partial charge in [-0.25, -0.2) is 9.78 Å². The lowest BCUT2D eigenvalue weighted by molar-refractivity contribution is 0.852. The maximum Gasteiger partial charge on any atom is 0.294 e. The molecule has 0 amide bonds. The third kappa shape index (κ3) is 3.00. The summed E-state index contributed by atoms with van der Waals surface area (Å²) < 4.78 is 1.69. The van der Waals surface area contributed by atoms with Crippen molar-refractivity contribution in [1.29, 1.82) is 0 Å². The van der Waals surface area contributed by atoms with E-state index >= 15 is 0 Å². The van der Waals surface area contributed by atoms with Gasteiger partial charge in [0.2, 0.25) is 0 Å². The molecule has 0 saturated carbocycles. The molecule has 4 rings (SSSR count). The Morgan fingerprint density at radius 3 is 2.54 bits per heavy atom. The average Bonchev–Trinajstić information content (AvgIpc) is 3.01. The fourth-order valence-corrected chi connectivity index (χ4v) is 3.60. The van der Waals surface area contributed by atoms with E-state index in [4.69, 9.17) is 23.2 Å². The van der Waals surface area contributed by atoms with E-state index in [-0.39, 0.29) is 11.3 Å². The normalized spacial score (nSPS) is 11.2. The molecule has 0 aromatic heterocycles. The minimum absolute atomic E-state index is 0.271. The SMILES string of the molecule is CSc1ccc(-n2nc3c(=O)[nH]nc-3cc2-c2ccc(Cl)cc2Cl)cc1. The minimum Gasteiger partial charge on any atom is -0.265 e. The van der Waals surface area contributed by atoms with Crippen LogP contribution in [0.4, 0.5) is 0 Å². The van der Waals surface area contributed by atoms with Crippen molar-refractivity contribution in [2.45, 2.75) is 4.90 Å². The van der Waals surface area contributed by atoms with Gasteiger partial charge in [0, 0.05) is 15.5 Å². The zero-order chi connectivity index (χ0) is 18.3. The number of H-pyrrole nitrogens is 1. The number of aromatic nitrogens is 4. The van der Waals surface area contributed by atoms with Gasteiger partial charge in [0.05, 0.1) is 16.4 Å². The number of hydrogen-bond acceptors (Lipinski definition) is 4. The molecule has 2 aromatic carbocycles. The second kappa shape index (κ2) is 6.79. The number of halogens is 2. The van der Waals surface area contributed by atoms with Crippen molar-refractivity contribution in [3.63, 3.8) is 0 Å². The lowest BCUT2D eigenvalue weighted by Gasteiger charge is -2.15. The van der Waals surface area contributed by atoms with E-state index in [0.717, 1.165) is 16.1 Å². The molecule has 130 valence electrons. The van der Waals surface area contributed by atoms with Crippen molar-refractivity contribution in [1.82, 2.24) is 20.0 Å². The summed E-state index contributed by atoms with van der Waals surface area (Å²) in [6, 6.07) is 14.9. The molecule has 1 N–H and O–H groups in total. The van der Waals surface area contributed by atoms with Crippen LogP contribution < -0.4 is 5.56 Å². The van der Waals surface area contributed by atoms with Gasteiger partial charge in [-0.1, -0.05) is 23.2 Å². The second-order valence-electron chi connectivity index (χ2n) is 5.55. The van der Waals surface area contributed by atoms with E-state index in [1.807, 2.05) is 36.6 Å². The first kappa shape index (κ1) is 17.1. The number of thioether (sulfide) groups is 1. The Morgan fingerprint density at radius 1 is 1.08 bits per heavy atom. The van der Waals surface area contributed by atoms with Crippen LogP contribution in [-0.4, -0.2) is 26.2 Å². The molecule has 26 heavy (non-hydrogen) atoms. The molecule has 5 nitrogen and oxygen atoms in total. The van der Waals surface area contributed by atoms with Gasteiger partial charge in [0.25, 0.3) is 5.56 Å². The summed E-state index contributed by atoms with van der Waals surface area (Å²) in [7, 11) is 0. The number of nitrogens with one attached hydrogen (secondary N) is 1. The van der Waals surface area contributed by atoms with Crippen LogP contribution >= 0.6 is 35.0 Å². The highest BCUT2D eigenvalue weighted by Gasteiger charge is 2.19. The summed E-state index contributed by atoms with van der Waals surface area (Å²) in [5.74, 6) is 0. The Morgan fingerprint density at radius 2 is 1.85 bits per heavy atom. The molecule has 2 aliphatic rings. The number of hydrogen-bond donors (Lipinski definition) is 1. The predicted molar refractivity (Wildman–Crippen MR) is 106 cm³/mol. The molecule has 2 aliphatic heterocycles. The van der Waals surface area contributed by atoms with Crippen LogP contribution in [0.25, 0.3) is 28.3 Å². The van der Waals surface area contributed by atoms with Gasteiger partial charge in [0.1, 0.15) is 5.69 Å². The first-order chi connectivity index (χ1) is 12.6. The highest BCUT2D eigenvalue weighted by atomic mass is 35.5. The Hall–Kier alpha value is -2.28. The monoisotopic (exact) mass is 402 g/mol. The second-order valence-corrected chi connectivity index (χ2v) is 7.27. The summed E-state index contributed by atoms with van der Waals surface area (Å²) in [5, 5.41) is 12.0. The molecule has 0 atom stereocenters. The van der Waals surface area contributed by atoms with E-state index < -0.39 is 0 Å². The van der Waals surface area contributed by atoms with Crippen molar-refractivity contribution in [3.8, 4) is 28.3 Å². The van der Waals surface area contributed by atoms with Crippen molar-refractivity contribution >= 4 is 35.0 Å². The third-order valence-electron chi connectivity index (χ3n) is 3.96. The quantitative estimate of drug-likeness (QED) is 0.501. The minimum atomic E-state index is -0.330. The van der Waals surface area contributed by atoms with Crippen LogP contribution in [-0.2, 0) is 0 Å². The van der Waals surface area contributed by atoms with Gasteiger partial charge in [-0.2, -0.15) is 10.2 Å². The molecule has 2 heterocycles. The van der Waals surface area contributed by atoms with Gasteiger partial charge in [-0.3, -0.25) is 4.79 Å². The summed E-state index contributed by atoms with van der Waals surface area (Å²) in [5.41, 5.74) is 2.69. The van der Waals surface area contributed by atoms with Crippen LogP contribution in [0.2, 0.25) is 10.0 Å². The molecule has 0 radical (unpaired) electrons. The molecule has 2 aromatic rings. The number of rotatable bonds is 3. The maximum absolute atomic E-state index is 12.0. The van der Waals surface area contributed by atoms with Gasteiger partial charge < -0.3 is 0 Å². The molecular weight excluding hydrogens is 391 g/mol. The van der Waals surface area contributed by atoms with Crippen molar-refractivity contribution in [2.75, 3.05) is 6.26 Å². The standard InChI is InChI=1S/C18H12Cl2N4OS/c1-26-12-5-3-11(4-6-12)24-16(13-7-2-10(19)8-14(13)20)9-15-17(23-24)18(25)22-21-15/h2-9H,1H3,(H,22,25). The lowest BCUT2D eigenvalue weighted by atomic mass is 10.1. The topological polar surface area (TPSA) is 63.6 Å². The maximum atomic E-state index is 12.0. The molecular formula is C18H12Cl2N4OS. The zero-order valence-electron chi connectivity index (χ0n) is 13.5. The van der Waals surface area contributed by atoms with E-state index in [0.29, 0.717) is 21.4 Å².